The zero-order chi connectivity index (χ0) is 23.1. The molecule has 0 bridgehead atoms. The maximum atomic E-state index is 12.7. The lowest BCUT2D eigenvalue weighted by Crippen LogP contribution is -2.35. The Morgan fingerprint density at radius 3 is 2.13 bits per heavy atom. The molecule has 0 spiro atoms. The van der Waals surface area contributed by atoms with Crippen molar-refractivity contribution in [2.45, 2.75) is 98.8 Å². The summed E-state index contributed by atoms with van der Waals surface area (Å²) in [5, 5.41) is 0. The highest BCUT2D eigenvalue weighted by atomic mass is 16.5. The Hall–Kier alpha value is -1.84. The molecule has 0 aromatic carbocycles. The summed E-state index contributed by atoms with van der Waals surface area (Å²) < 4.78 is 10.9. The van der Waals surface area contributed by atoms with Gasteiger partial charge in [-0.05, 0) is 72.1 Å². The van der Waals surface area contributed by atoms with E-state index in [9.17, 15) is 9.59 Å². The van der Waals surface area contributed by atoms with Gasteiger partial charge in [-0.25, -0.2) is 0 Å². The van der Waals surface area contributed by atoms with E-state index in [0.29, 0.717) is 26.1 Å². The van der Waals surface area contributed by atoms with E-state index in [-0.39, 0.29) is 11.9 Å². The molecule has 0 amide bonds. The van der Waals surface area contributed by atoms with Crippen LogP contribution in [0, 0.1) is 11.8 Å². The summed E-state index contributed by atoms with van der Waals surface area (Å²) in [4.78, 5) is 25.3. The van der Waals surface area contributed by atoms with Crippen molar-refractivity contribution >= 4 is 11.9 Å². The predicted molar refractivity (Wildman–Crippen MR) is 128 cm³/mol. The smallest absolute Gasteiger partial charge is 0.310 e. The minimum absolute atomic E-state index is 0.245. The molecule has 0 radical (unpaired) electrons. The summed E-state index contributed by atoms with van der Waals surface area (Å²) in [6, 6.07) is 0. The van der Waals surface area contributed by atoms with Crippen LogP contribution in [0.2, 0.25) is 0 Å². The molecule has 0 aromatic heterocycles. The molecular formula is C27H44O4. The zero-order valence-corrected chi connectivity index (χ0v) is 20.5. The van der Waals surface area contributed by atoms with Gasteiger partial charge in [0.1, 0.15) is 0 Å². The van der Waals surface area contributed by atoms with Crippen LogP contribution in [0.4, 0.5) is 0 Å². The van der Waals surface area contributed by atoms with Crippen molar-refractivity contribution in [3.8, 4) is 0 Å². The van der Waals surface area contributed by atoms with Gasteiger partial charge in [-0.1, -0.05) is 61.6 Å². The Bertz CT molecular complexity index is 638. The molecule has 4 nitrogen and oxygen atoms in total. The first-order chi connectivity index (χ1) is 14.9. The number of rotatable bonds is 14. The third kappa shape index (κ3) is 11.4. The molecule has 1 aliphatic rings. The summed E-state index contributed by atoms with van der Waals surface area (Å²) in [5.74, 6) is -1.34. The lowest BCUT2D eigenvalue weighted by atomic mass is 9.78. The second-order valence-electron chi connectivity index (χ2n) is 8.97. The van der Waals surface area contributed by atoms with Crippen molar-refractivity contribution in [1.29, 1.82) is 0 Å². The van der Waals surface area contributed by atoms with Crippen molar-refractivity contribution in [2.24, 2.45) is 11.8 Å². The lowest BCUT2D eigenvalue weighted by molar-refractivity contribution is -0.161. The van der Waals surface area contributed by atoms with Crippen LogP contribution >= 0.6 is 0 Å². The minimum atomic E-state index is -0.422. The second-order valence-corrected chi connectivity index (χ2v) is 8.97. The molecule has 0 aliphatic heterocycles. The fraction of sp³-hybridized carbons (Fsp3) is 0.704. The van der Waals surface area contributed by atoms with Gasteiger partial charge in [-0.2, -0.15) is 0 Å². The van der Waals surface area contributed by atoms with E-state index in [0.717, 1.165) is 51.4 Å². The number of hydrogen-bond acceptors (Lipinski definition) is 4. The average molecular weight is 433 g/mol. The van der Waals surface area contributed by atoms with Crippen LogP contribution in [0.1, 0.15) is 98.8 Å². The molecular weight excluding hydrogens is 388 g/mol. The van der Waals surface area contributed by atoms with Crippen LogP contribution in [0.25, 0.3) is 0 Å². The van der Waals surface area contributed by atoms with E-state index in [4.69, 9.17) is 9.47 Å². The van der Waals surface area contributed by atoms with Gasteiger partial charge in [0.25, 0.3) is 0 Å². The Balaban J connectivity index is 2.69. The topological polar surface area (TPSA) is 52.6 Å². The van der Waals surface area contributed by atoms with E-state index in [2.05, 4.69) is 52.8 Å². The fourth-order valence-electron chi connectivity index (χ4n) is 3.72. The largest absolute Gasteiger partial charge is 0.465 e. The van der Waals surface area contributed by atoms with Gasteiger partial charge in [0.2, 0.25) is 0 Å². The van der Waals surface area contributed by atoms with E-state index in [1.807, 2.05) is 0 Å². The molecule has 0 fully saturated rings. The highest BCUT2D eigenvalue weighted by Gasteiger charge is 2.38. The minimum Gasteiger partial charge on any atom is -0.465 e. The molecule has 1 rings (SSSR count). The van der Waals surface area contributed by atoms with Crippen LogP contribution in [0.15, 0.2) is 34.9 Å². The maximum absolute atomic E-state index is 12.7. The van der Waals surface area contributed by atoms with E-state index in [1.54, 1.807) is 0 Å². The van der Waals surface area contributed by atoms with Gasteiger partial charge >= 0.3 is 11.9 Å². The standard InChI is InChI=1S/C27H44O4/c1-6-8-18-30-26(28)24-17-16-23(20-25(24)27(29)31-19-9-7-2)15-11-14-22(5)13-10-12-21(3)4/h12,14,16,24-25H,6-11,13,15,17-20H2,1-5H3/b22-14+. The SMILES string of the molecule is CCCCOC(=O)C1CC=C(CC/C=C(\C)CCC=C(C)C)CC1C(=O)OCCCC. The number of unbranched alkanes of at least 4 members (excludes halogenated alkanes) is 2. The molecule has 31 heavy (non-hydrogen) atoms. The quantitative estimate of drug-likeness (QED) is 0.167. The van der Waals surface area contributed by atoms with Gasteiger partial charge in [-0.15, -0.1) is 0 Å². The average Bonchev–Trinajstić information content (AvgIpc) is 2.73. The van der Waals surface area contributed by atoms with Crippen LogP contribution < -0.4 is 0 Å². The number of carbonyl (C=O) groups excluding carboxylic acids is 2. The number of allylic oxidation sites excluding steroid dienone is 6. The summed E-state index contributed by atoms with van der Waals surface area (Å²) >= 11 is 0. The molecule has 0 saturated heterocycles. The molecule has 4 heteroatoms. The number of esters is 2. The third-order valence-electron chi connectivity index (χ3n) is 5.77. The lowest BCUT2D eigenvalue weighted by Gasteiger charge is -2.28. The van der Waals surface area contributed by atoms with Crippen LogP contribution in [0.5, 0.6) is 0 Å². The normalized spacial score (nSPS) is 18.9. The van der Waals surface area contributed by atoms with Gasteiger partial charge in [-0.3, -0.25) is 9.59 Å². The van der Waals surface area contributed by atoms with Crippen molar-refractivity contribution in [1.82, 2.24) is 0 Å². The summed E-state index contributed by atoms with van der Waals surface area (Å²) in [6.07, 6.45) is 15.6. The van der Waals surface area contributed by atoms with Gasteiger partial charge in [0.15, 0.2) is 0 Å². The fourth-order valence-corrected chi connectivity index (χ4v) is 3.72. The molecule has 2 atom stereocenters. The summed E-state index contributed by atoms with van der Waals surface area (Å²) in [5.41, 5.74) is 4.02. The number of ether oxygens (including phenoxy) is 2. The monoisotopic (exact) mass is 432 g/mol. The van der Waals surface area contributed by atoms with Crippen molar-refractivity contribution < 1.29 is 19.1 Å². The number of carbonyl (C=O) groups is 2. The Kier molecular flexibility index (Phi) is 13.9. The first-order valence-corrected chi connectivity index (χ1v) is 12.2. The first-order valence-electron chi connectivity index (χ1n) is 12.2. The predicted octanol–water partition coefficient (Wildman–Crippen LogP) is 7.10. The molecule has 1 aliphatic carbocycles. The molecule has 2 unspecified atom stereocenters. The van der Waals surface area contributed by atoms with E-state index in [1.165, 1.54) is 16.7 Å². The van der Waals surface area contributed by atoms with Crippen LogP contribution in [-0.2, 0) is 19.1 Å². The van der Waals surface area contributed by atoms with Gasteiger partial charge in [0, 0.05) is 0 Å². The maximum Gasteiger partial charge on any atom is 0.310 e. The molecule has 0 heterocycles. The Labute approximate surface area is 190 Å². The van der Waals surface area contributed by atoms with E-state index < -0.39 is 11.8 Å². The molecule has 0 saturated carbocycles. The Morgan fingerprint density at radius 2 is 1.55 bits per heavy atom. The zero-order valence-electron chi connectivity index (χ0n) is 20.5. The van der Waals surface area contributed by atoms with Gasteiger partial charge < -0.3 is 9.47 Å². The van der Waals surface area contributed by atoms with E-state index >= 15 is 0 Å². The van der Waals surface area contributed by atoms with Crippen LogP contribution in [0.3, 0.4) is 0 Å². The van der Waals surface area contributed by atoms with Crippen molar-refractivity contribution in [3.63, 3.8) is 0 Å². The Morgan fingerprint density at radius 1 is 0.935 bits per heavy atom. The second kappa shape index (κ2) is 15.9. The van der Waals surface area contributed by atoms with Crippen molar-refractivity contribution in [3.05, 3.63) is 34.9 Å². The first kappa shape index (κ1) is 27.2. The highest BCUT2D eigenvalue weighted by Crippen LogP contribution is 2.34. The third-order valence-corrected chi connectivity index (χ3v) is 5.77. The molecule has 176 valence electrons. The van der Waals surface area contributed by atoms with Gasteiger partial charge in [0.05, 0.1) is 25.0 Å². The molecule has 0 N–H and O–H groups in total. The van der Waals surface area contributed by atoms with Crippen molar-refractivity contribution in [2.75, 3.05) is 13.2 Å². The summed E-state index contributed by atoms with van der Waals surface area (Å²) in [6.45, 7) is 11.4. The summed E-state index contributed by atoms with van der Waals surface area (Å²) in [7, 11) is 0. The number of hydrogen-bond donors (Lipinski definition) is 0. The van der Waals surface area contributed by atoms with Crippen LogP contribution in [-0.4, -0.2) is 25.2 Å². The molecule has 0 aromatic rings. The highest BCUT2D eigenvalue weighted by molar-refractivity contribution is 5.83.